The van der Waals surface area contributed by atoms with E-state index in [-0.39, 0.29) is 0 Å². The summed E-state index contributed by atoms with van der Waals surface area (Å²) in [6, 6.07) is 28.1. The van der Waals surface area contributed by atoms with Crippen LogP contribution in [0.5, 0.6) is 0 Å². The predicted octanol–water partition coefficient (Wildman–Crippen LogP) is 5.95. The molecule has 2 nitrogen and oxygen atoms in total. The smallest absolute Gasteiger partial charge is 0.145 e. The van der Waals surface area contributed by atoms with E-state index in [9.17, 15) is 0 Å². The second-order valence-electron chi connectivity index (χ2n) is 6.51. The summed E-state index contributed by atoms with van der Waals surface area (Å²) >= 11 is 0. The first-order chi connectivity index (χ1) is 12.4. The van der Waals surface area contributed by atoms with Crippen LogP contribution in [0.1, 0.15) is 0 Å². The highest BCUT2D eigenvalue weighted by Gasteiger charge is 2.14. The van der Waals surface area contributed by atoms with Crippen molar-refractivity contribution in [2.75, 3.05) is 0 Å². The molecule has 0 amide bonds. The van der Waals surface area contributed by atoms with Gasteiger partial charge in [0.05, 0.1) is 11.0 Å². The summed E-state index contributed by atoms with van der Waals surface area (Å²) in [6.45, 7) is 0. The number of benzene rings is 3. The summed E-state index contributed by atoms with van der Waals surface area (Å²) in [7, 11) is 0. The SMILES string of the molecule is c1ccc2c(c1)ccc1c3cccnc3n3c4ccccc4cc3c21. The monoisotopic (exact) mass is 318 g/mol. The van der Waals surface area contributed by atoms with Gasteiger partial charge in [-0.2, -0.15) is 0 Å². The molecule has 0 aliphatic heterocycles. The maximum Gasteiger partial charge on any atom is 0.145 e. The van der Waals surface area contributed by atoms with Crippen LogP contribution in [0.15, 0.2) is 85.1 Å². The molecule has 0 unspecified atom stereocenters. The molecule has 2 heteroatoms. The Morgan fingerprint density at radius 1 is 0.600 bits per heavy atom. The first-order valence-electron chi connectivity index (χ1n) is 8.50. The topological polar surface area (TPSA) is 17.3 Å². The first kappa shape index (κ1) is 13.0. The third-order valence-electron chi connectivity index (χ3n) is 5.18. The van der Waals surface area contributed by atoms with Crippen molar-refractivity contribution in [3.8, 4) is 0 Å². The summed E-state index contributed by atoms with van der Waals surface area (Å²) in [5.41, 5.74) is 3.44. The Hall–Kier alpha value is -3.39. The number of nitrogens with zero attached hydrogens (tertiary/aromatic N) is 2. The van der Waals surface area contributed by atoms with E-state index in [1.54, 1.807) is 0 Å². The lowest BCUT2D eigenvalue weighted by molar-refractivity contribution is 1.25. The van der Waals surface area contributed by atoms with Crippen molar-refractivity contribution in [1.29, 1.82) is 0 Å². The fraction of sp³-hybridized carbons (Fsp3) is 0. The van der Waals surface area contributed by atoms with E-state index in [2.05, 4.69) is 77.2 Å². The second-order valence-corrected chi connectivity index (χ2v) is 6.51. The van der Waals surface area contributed by atoms with Crippen molar-refractivity contribution in [1.82, 2.24) is 9.38 Å². The van der Waals surface area contributed by atoms with Crippen molar-refractivity contribution in [3.05, 3.63) is 85.1 Å². The average Bonchev–Trinajstić information content (AvgIpc) is 3.07. The van der Waals surface area contributed by atoms with Crippen molar-refractivity contribution in [2.45, 2.75) is 0 Å². The molecular formula is C23H14N2. The van der Waals surface area contributed by atoms with Crippen LogP contribution in [0.4, 0.5) is 0 Å². The standard InChI is InChI=1S/C23H14N2/c1-3-8-17-15(6-1)11-12-18-19-9-5-13-24-23(19)25-20-10-4-2-7-16(20)14-21(25)22(17)18/h1-14H. The van der Waals surface area contributed by atoms with Crippen molar-refractivity contribution < 1.29 is 0 Å². The van der Waals surface area contributed by atoms with Gasteiger partial charge in [-0.3, -0.25) is 4.40 Å². The molecule has 116 valence electrons. The Morgan fingerprint density at radius 3 is 2.36 bits per heavy atom. The number of aromatic nitrogens is 2. The van der Waals surface area contributed by atoms with E-state index in [0.717, 1.165) is 5.65 Å². The summed E-state index contributed by atoms with van der Waals surface area (Å²) < 4.78 is 2.30. The molecular weight excluding hydrogens is 304 g/mol. The number of hydrogen-bond donors (Lipinski definition) is 0. The van der Waals surface area contributed by atoms with Gasteiger partial charge < -0.3 is 0 Å². The van der Waals surface area contributed by atoms with Gasteiger partial charge in [0.2, 0.25) is 0 Å². The predicted molar refractivity (Wildman–Crippen MR) is 105 cm³/mol. The Labute approximate surface area is 143 Å². The number of hydrogen-bond acceptors (Lipinski definition) is 1. The quantitative estimate of drug-likeness (QED) is 0.316. The van der Waals surface area contributed by atoms with Gasteiger partial charge >= 0.3 is 0 Å². The number of para-hydroxylation sites is 1. The first-order valence-corrected chi connectivity index (χ1v) is 8.50. The molecule has 0 fully saturated rings. The summed E-state index contributed by atoms with van der Waals surface area (Å²) in [6.07, 6.45) is 1.88. The molecule has 0 N–H and O–H groups in total. The zero-order valence-corrected chi connectivity index (χ0v) is 13.5. The van der Waals surface area contributed by atoms with Gasteiger partial charge in [0.1, 0.15) is 5.65 Å². The Morgan fingerprint density at radius 2 is 1.40 bits per heavy atom. The molecule has 0 saturated carbocycles. The lowest BCUT2D eigenvalue weighted by Gasteiger charge is -2.11. The Kier molecular flexibility index (Phi) is 2.37. The third kappa shape index (κ3) is 1.61. The number of pyridine rings is 2. The van der Waals surface area contributed by atoms with Crippen LogP contribution in [0.3, 0.4) is 0 Å². The van der Waals surface area contributed by atoms with Crippen molar-refractivity contribution >= 4 is 49.0 Å². The van der Waals surface area contributed by atoms with Crippen LogP contribution in [0.2, 0.25) is 0 Å². The fourth-order valence-electron chi connectivity index (χ4n) is 4.12. The molecule has 0 aliphatic carbocycles. The fourth-order valence-corrected chi connectivity index (χ4v) is 4.12. The number of fused-ring (bicyclic) bond motifs is 10. The molecule has 6 rings (SSSR count). The minimum absolute atomic E-state index is 1.02. The Bertz CT molecular complexity index is 1440. The third-order valence-corrected chi connectivity index (χ3v) is 5.18. The van der Waals surface area contributed by atoms with Crippen LogP contribution in [0, 0.1) is 0 Å². The van der Waals surface area contributed by atoms with Gasteiger partial charge in [0, 0.05) is 22.4 Å². The minimum Gasteiger partial charge on any atom is -0.293 e. The summed E-state index contributed by atoms with van der Waals surface area (Å²) in [5, 5.41) is 7.56. The van der Waals surface area contributed by atoms with Crippen LogP contribution >= 0.6 is 0 Å². The van der Waals surface area contributed by atoms with Gasteiger partial charge in [0.15, 0.2) is 0 Å². The zero-order chi connectivity index (χ0) is 16.4. The van der Waals surface area contributed by atoms with Crippen molar-refractivity contribution in [2.24, 2.45) is 0 Å². The highest BCUT2D eigenvalue weighted by molar-refractivity contribution is 6.23. The maximum absolute atomic E-state index is 4.72. The molecule has 0 radical (unpaired) electrons. The van der Waals surface area contributed by atoms with Gasteiger partial charge in [-0.25, -0.2) is 4.98 Å². The highest BCUT2D eigenvalue weighted by atomic mass is 15.0. The molecule has 6 aromatic rings. The molecule has 3 heterocycles. The minimum atomic E-state index is 1.02. The molecule has 25 heavy (non-hydrogen) atoms. The second kappa shape index (κ2) is 4.58. The van der Waals surface area contributed by atoms with Gasteiger partial charge in [-0.15, -0.1) is 0 Å². The maximum atomic E-state index is 4.72. The summed E-state index contributed by atoms with van der Waals surface area (Å²) in [5.74, 6) is 0. The number of rotatable bonds is 0. The molecule has 0 bridgehead atoms. The Balaban J connectivity index is 2.08. The molecule has 0 aliphatic rings. The molecule has 0 atom stereocenters. The molecule has 3 aromatic heterocycles. The van der Waals surface area contributed by atoms with Gasteiger partial charge in [-0.05, 0) is 40.4 Å². The zero-order valence-electron chi connectivity index (χ0n) is 13.5. The van der Waals surface area contributed by atoms with E-state index in [4.69, 9.17) is 4.98 Å². The molecule has 0 spiro atoms. The van der Waals surface area contributed by atoms with Gasteiger partial charge in [-0.1, -0.05) is 54.6 Å². The normalized spacial score (nSPS) is 12.0. The van der Waals surface area contributed by atoms with Crippen LogP contribution in [-0.4, -0.2) is 9.38 Å². The van der Waals surface area contributed by atoms with Gasteiger partial charge in [0.25, 0.3) is 0 Å². The van der Waals surface area contributed by atoms with Crippen LogP contribution in [0.25, 0.3) is 49.0 Å². The van der Waals surface area contributed by atoms with E-state index in [0.29, 0.717) is 0 Å². The van der Waals surface area contributed by atoms with Crippen LogP contribution < -0.4 is 0 Å². The lowest BCUT2D eigenvalue weighted by Crippen LogP contribution is -1.93. The average molecular weight is 318 g/mol. The largest absolute Gasteiger partial charge is 0.293 e. The summed E-state index contributed by atoms with van der Waals surface area (Å²) in [4.78, 5) is 4.72. The van der Waals surface area contributed by atoms with E-state index >= 15 is 0 Å². The molecule has 0 saturated heterocycles. The van der Waals surface area contributed by atoms with E-state index in [1.165, 1.54) is 43.4 Å². The van der Waals surface area contributed by atoms with E-state index in [1.807, 2.05) is 12.3 Å². The van der Waals surface area contributed by atoms with Crippen LogP contribution in [-0.2, 0) is 0 Å². The van der Waals surface area contributed by atoms with E-state index < -0.39 is 0 Å². The molecule has 3 aromatic carbocycles. The lowest BCUT2D eigenvalue weighted by atomic mass is 10.00. The van der Waals surface area contributed by atoms with Crippen molar-refractivity contribution in [3.63, 3.8) is 0 Å². The highest BCUT2D eigenvalue weighted by Crippen LogP contribution is 2.36.